The third-order valence-electron chi connectivity index (χ3n) is 3.30. The van der Waals surface area contributed by atoms with Gasteiger partial charge in [0.2, 0.25) is 6.10 Å². The number of aliphatic carboxylic acids is 1. The van der Waals surface area contributed by atoms with Gasteiger partial charge in [-0.05, 0) is 24.3 Å². The smallest absolute Gasteiger partial charge is 0.346 e. The van der Waals surface area contributed by atoms with E-state index in [9.17, 15) is 19.1 Å². The topological polar surface area (TPSA) is 88.5 Å². The van der Waals surface area contributed by atoms with Crippen LogP contribution in [-0.4, -0.2) is 34.6 Å². The zero-order valence-electron chi connectivity index (χ0n) is 14.1. The number of halogens is 1. The maximum absolute atomic E-state index is 12.9. The second kappa shape index (κ2) is 7.60. The quantitative estimate of drug-likeness (QED) is 0.821. The Hall–Kier alpha value is -2.48. The molecule has 2 aromatic rings. The van der Waals surface area contributed by atoms with E-state index in [1.807, 2.05) is 20.8 Å². The Morgan fingerprint density at radius 2 is 1.96 bits per heavy atom. The highest BCUT2D eigenvalue weighted by molar-refractivity contribution is 7.11. The van der Waals surface area contributed by atoms with Crippen LogP contribution in [0.4, 0.5) is 4.39 Å². The molecule has 0 saturated heterocycles. The van der Waals surface area contributed by atoms with Crippen molar-refractivity contribution in [3.8, 4) is 5.75 Å². The number of carbonyl (C=O) groups excluding carboxylic acids is 1. The van der Waals surface area contributed by atoms with Crippen molar-refractivity contribution in [2.75, 3.05) is 6.54 Å². The summed E-state index contributed by atoms with van der Waals surface area (Å²) in [5, 5.41) is 11.8. The number of hydrogen-bond donors (Lipinski definition) is 2. The third-order valence-corrected chi connectivity index (χ3v) is 4.12. The molecule has 0 bridgehead atoms. The monoisotopic (exact) mass is 366 g/mol. The van der Waals surface area contributed by atoms with E-state index in [4.69, 9.17) is 4.74 Å². The number of hydrogen-bond acceptors (Lipinski definition) is 5. The third kappa shape index (κ3) is 4.99. The van der Waals surface area contributed by atoms with Crippen molar-refractivity contribution < 1.29 is 23.8 Å². The first kappa shape index (κ1) is 18.9. The summed E-state index contributed by atoms with van der Waals surface area (Å²) in [7, 11) is 0. The number of ether oxygens (including phenoxy) is 1. The van der Waals surface area contributed by atoms with Crippen molar-refractivity contribution in [3.63, 3.8) is 0 Å². The molecule has 0 aliphatic carbocycles. The van der Waals surface area contributed by atoms with Gasteiger partial charge in [0.1, 0.15) is 16.4 Å². The SMILES string of the molecule is CC(C)(C)c1ncsc1C(=O)NCC(Oc1ccc(F)cc1)C(=O)O. The van der Waals surface area contributed by atoms with Gasteiger partial charge in [-0.2, -0.15) is 0 Å². The minimum absolute atomic E-state index is 0.205. The molecule has 1 aromatic carbocycles. The summed E-state index contributed by atoms with van der Waals surface area (Å²) >= 11 is 1.20. The van der Waals surface area contributed by atoms with Crippen LogP contribution in [0.25, 0.3) is 0 Å². The van der Waals surface area contributed by atoms with E-state index in [0.29, 0.717) is 10.6 Å². The number of carboxylic acids is 1. The van der Waals surface area contributed by atoms with Gasteiger partial charge in [-0.3, -0.25) is 4.79 Å². The van der Waals surface area contributed by atoms with Crippen molar-refractivity contribution in [2.24, 2.45) is 0 Å². The maximum Gasteiger partial charge on any atom is 0.346 e. The Morgan fingerprint density at radius 3 is 2.52 bits per heavy atom. The molecule has 0 aliphatic heterocycles. The van der Waals surface area contributed by atoms with Crippen molar-refractivity contribution in [2.45, 2.75) is 32.3 Å². The molecule has 2 rings (SSSR count). The number of thiazole rings is 1. The molecule has 0 saturated carbocycles. The van der Waals surface area contributed by atoms with Crippen LogP contribution in [-0.2, 0) is 10.2 Å². The Kier molecular flexibility index (Phi) is 5.73. The zero-order valence-corrected chi connectivity index (χ0v) is 14.9. The van der Waals surface area contributed by atoms with Gasteiger partial charge in [0, 0.05) is 5.41 Å². The molecule has 2 N–H and O–H groups in total. The number of carboxylic acid groups (broad SMARTS) is 1. The summed E-state index contributed by atoms with van der Waals surface area (Å²) < 4.78 is 18.2. The molecule has 0 fully saturated rings. The number of amides is 1. The molecular weight excluding hydrogens is 347 g/mol. The van der Waals surface area contributed by atoms with Crippen LogP contribution in [0.15, 0.2) is 29.8 Å². The maximum atomic E-state index is 12.9. The van der Waals surface area contributed by atoms with Crippen molar-refractivity contribution in [1.82, 2.24) is 10.3 Å². The van der Waals surface area contributed by atoms with E-state index in [0.717, 1.165) is 0 Å². The lowest BCUT2D eigenvalue weighted by Crippen LogP contribution is -2.40. The number of carbonyl (C=O) groups is 2. The van der Waals surface area contributed by atoms with Gasteiger partial charge < -0.3 is 15.2 Å². The van der Waals surface area contributed by atoms with Gasteiger partial charge in [-0.25, -0.2) is 14.2 Å². The van der Waals surface area contributed by atoms with Gasteiger partial charge >= 0.3 is 5.97 Å². The molecule has 1 atom stereocenters. The second-order valence-electron chi connectivity index (χ2n) is 6.39. The molecule has 0 radical (unpaired) electrons. The molecule has 1 heterocycles. The van der Waals surface area contributed by atoms with Gasteiger partial charge in [-0.15, -0.1) is 11.3 Å². The van der Waals surface area contributed by atoms with Crippen LogP contribution in [0.1, 0.15) is 36.1 Å². The molecule has 1 aromatic heterocycles. The first-order valence-corrected chi connectivity index (χ1v) is 8.43. The minimum atomic E-state index is -1.29. The van der Waals surface area contributed by atoms with E-state index < -0.39 is 23.8 Å². The van der Waals surface area contributed by atoms with Crippen LogP contribution in [0.5, 0.6) is 5.75 Å². The lowest BCUT2D eigenvalue weighted by atomic mass is 9.91. The predicted molar refractivity (Wildman–Crippen MR) is 91.6 cm³/mol. The predicted octanol–water partition coefficient (Wildman–Crippen LogP) is 2.84. The van der Waals surface area contributed by atoms with E-state index in [1.54, 1.807) is 5.51 Å². The minimum Gasteiger partial charge on any atom is -0.478 e. The largest absolute Gasteiger partial charge is 0.478 e. The van der Waals surface area contributed by atoms with Crippen LogP contribution < -0.4 is 10.1 Å². The molecule has 25 heavy (non-hydrogen) atoms. The number of nitrogens with one attached hydrogen (secondary N) is 1. The van der Waals surface area contributed by atoms with E-state index in [2.05, 4.69) is 10.3 Å². The normalized spacial score (nSPS) is 12.5. The van der Waals surface area contributed by atoms with Gasteiger partial charge in [0.05, 0.1) is 17.7 Å². The molecule has 0 spiro atoms. The summed E-state index contributed by atoms with van der Waals surface area (Å²) in [6.07, 6.45) is -1.29. The molecule has 0 aliphatic rings. The number of rotatable bonds is 6. The number of aromatic nitrogens is 1. The van der Waals surface area contributed by atoms with Crippen LogP contribution in [0, 0.1) is 5.82 Å². The van der Waals surface area contributed by atoms with Gasteiger partial charge in [0.25, 0.3) is 5.91 Å². The number of nitrogens with zero attached hydrogens (tertiary/aromatic N) is 1. The van der Waals surface area contributed by atoms with Crippen LogP contribution in [0.3, 0.4) is 0 Å². The average Bonchev–Trinajstić information content (AvgIpc) is 3.02. The van der Waals surface area contributed by atoms with Crippen LogP contribution in [0.2, 0.25) is 0 Å². The summed E-state index contributed by atoms with van der Waals surface area (Å²) in [5.74, 6) is -1.88. The first-order chi connectivity index (χ1) is 11.7. The van der Waals surface area contributed by atoms with E-state index in [-0.39, 0.29) is 17.7 Å². The lowest BCUT2D eigenvalue weighted by Gasteiger charge is -2.18. The molecule has 6 nitrogen and oxygen atoms in total. The van der Waals surface area contributed by atoms with Crippen molar-refractivity contribution in [3.05, 3.63) is 46.2 Å². The molecule has 8 heteroatoms. The summed E-state index contributed by atoms with van der Waals surface area (Å²) in [6, 6.07) is 4.99. The van der Waals surface area contributed by atoms with E-state index >= 15 is 0 Å². The van der Waals surface area contributed by atoms with Gasteiger partial charge in [0.15, 0.2) is 0 Å². The molecule has 1 unspecified atom stereocenters. The molecule has 134 valence electrons. The standard InChI is InChI=1S/C17H19FN2O4S/c1-17(2,3)14-13(25-9-20-14)15(21)19-8-12(16(22)23)24-11-6-4-10(18)5-7-11/h4-7,9,12H,8H2,1-3H3,(H,19,21)(H,22,23). The Morgan fingerprint density at radius 1 is 1.32 bits per heavy atom. The Labute approximate surface area is 148 Å². The Bertz CT molecular complexity index is 753. The number of benzene rings is 1. The van der Waals surface area contributed by atoms with Crippen molar-refractivity contribution >= 4 is 23.2 Å². The molecular formula is C17H19FN2O4S. The fraction of sp³-hybridized carbons (Fsp3) is 0.353. The molecule has 1 amide bonds. The zero-order chi connectivity index (χ0) is 18.6. The highest BCUT2D eigenvalue weighted by Crippen LogP contribution is 2.27. The fourth-order valence-electron chi connectivity index (χ4n) is 2.06. The fourth-order valence-corrected chi connectivity index (χ4v) is 2.98. The highest BCUT2D eigenvalue weighted by Gasteiger charge is 2.26. The summed E-state index contributed by atoms with van der Waals surface area (Å²) in [6.45, 7) is 5.59. The second-order valence-corrected chi connectivity index (χ2v) is 7.24. The highest BCUT2D eigenvalue weighted by atomic mass is 32.1. The van der Waals surface area contributed by atoms with Crippen LogP contribution >= 0.6 is 11.3 Å². The van der Waals surface area contributed by atoms with Crippen molar-refractivity contribution in [1.29, 1.82) is 0 Å². The van der Waals surface area contributed by atoms with E-state index in [1.165, 1.54) is 35.6 Å². The summed E-state index contributed by atoms with van der Waals surface area (Å²) in [4.78, 5) is 28.4. The Balaban J connectivity index is 2.04. The average molecular weight is 366 g/mol. The van der Waals surface area contributed by atoms with Gasteiger partial charge in [-0.1, -0.05) is 20.8 Å². The first-order valence-electron chi connectivity index (χ1n) is 7.55. The summed E-state index contributed by atoms with van der Waals surface area (Å²) in [5.41, 5.74) is 1.93. The lowest BCUT2D eigenvalue weighted by molar-refractivity contribution is -0.144.